The lowest BCUT2D eigenvalue weighted by atomic mass is 9.77. The molecule has 3 fully saturated rings. The number of hydrogen-bond donors (Lipinski definition) is 4. The summed E-state index contributed by atoms with van der Waals surface area (Å²) in [5, 5.41) is 17.3. The van der Waals surface area contributed by atoms with Crippen molar-refractivity contribution in [3.63, 3.8) is 0 Å². The molecular weight excluding hydrogens is 646 g/mol. The number of anilines is 1. The Bertz CT molecular complexity index is 1840. The normalized spacial score (nSPS) is 20.1. The van der Waals surface area contributed by atoms with Gasteiger partial charge in [0.25, 0.3) is 5.91 Å². The molecule has 6 amide bonds. The third-order valence-electron chi connectivity index (χ3n) is 11.5. The standard InChI is InChI=1S/C38H49N9O4/c1-25-20-27(21-29-22-40-43-33(25)29)8-9-32(35(49)46-19-14-38(24-46)12-17-44(18-13-38)34(48)26(2)39-3)42-36(50)45-15-10-30(11-16-45)47-23-28-6-4-5-7-31(28)41-37(47)51/h4-7,9,20-22,26,30,39H,8,10-19,23-24H2,1-3H3,(H,40,43)(H,41,51)(H,42,50)/t26-/m1/s1. The van der Waals surface area contributed by atoms with Crippen molar-refractivity contribution in [2.45, 2.75) is 71.0 Å². The van der Waals surface area contributed by atoms with E-state index in [1.165, 1.54) is 0 Å². The fourth-order valence-electron chi connectivity index (χ4n) is 8.22. The number of hydrogen-bond acceptors (Lipinski definition) is 6. The van der Waals surface area contributed by atoms with Gasteiger partial charge in [-0.2, -0.15) is 5.10 Å². The van der Waals surface area contributed by atoms with E-state index in [9.17, 15) is 19.2 Å². The lowest BCUT2D eigenvalue weighted by Gasteiger charge is -2.40. The van der Waals surface area contributed by atoms with Crippen molar-refractivity contribution < 1.29 is 19.2 Å². The van der Waals surface area contributed by atoms with Crippen LogP contribution < -0.4 is 16.0 Å². The van der Waals surface area contributed by atoms with Gasteiger partial charge in [0, 0.05) is 62.9 Å². The number of para-hydroxylation sites is 1. The van der Waals surface area contributed by atoms with Crippen LogP contribution in [0.15, 0.2) is 54.4 Å². The number of piperidine rings is 2. The number of H-pyrrole nitrogens is 1. The molecule has 13 nitrogen and oxygen atoms in total. The second kappa shape index (κ2) is 14.4. The molecule has 7 rings (SSSR count). The number of urea groups is 2. The maximum absolute atomic E-state index is 14.2. The number of nitrogens with one attached hydrogen (secondary N) is 4. The van der Waals surface area contributed by atoms with E-state index >= 15 is 0 Å². The van der Waals surface area contributed by atoms with Crippen molar-refractivity contribution in [1.82, 2.24) is 40.4 Å². The van der Waals surface area contributed by atoms with Gasteiger partial charge >= 0.3 is 12.1 Å². The summed E-state index contributed by atoms with van der Waals surface area (Å²) in [6.45, 7) is 8.00. The Labute approximate surface area is 298 Å². The van der Waals surface area contributed by atoms with E-state index in [1.807, 2.05) is 58.9 Å². The van der Waals surface area contributed by atoms with E-state index in [-0.39, 0.29) is 47.1 Å². The molecule has 4 aliphatic rings. The zero-order chi connectivity index (χ0) is 35.7. The van der Waals surface area contributed by atoms with Gasteiger partial charge in [0.05, 0.1) is 17.8 Å². The number of amides is 6. The summed E-state index contributed by atoms with van der Waals surface area (Å²) in [6, 6.07) is 11.4. The highest BCUT2D eigenvalue weighted by Gasteiger charge is 2.44. The molecule has 3 saturated heterocycles. The molecule has 13 heteroatoms. The first-order chi connectivity index (χ1) is 24.6. The first kappa shape index (κ1) is 34.5. The number of aryl methyl sites for hydroxylation is 1. The number of aromatic nitrogens is 2. The smallest absolute Gasteiger partial charge is 0.322 e. The van der Waals surface area contributed by atoms with Crippen LogP contribution in [0.1, 0.15) is 55.7 Å². The van der Waals surface area contributed by atoms with Gasteiger partial charge in [-0.1, -0.05) is 30.3 Å². The first-order valence-corrected chi connectivity index (χ1v) is 18.2. The number of likely N-dealkylation sites (tertiary alicyclic amines) is 3. The van der Waals surface area contributed by atoms with Crippen LogP contribution in [0, 0.1) is 12.3 Å². The topological polar surface area (TPSA) is 146 Å². The summed E-state index contributed by atoms with van der Waals surface area (Å²) in [5.41, 5.74) is 5.26. The highest BCUT2D eigenvalue weighted by Crippen LogP contribution is 2.41. The molecule has 4 aliphatic heterocycles. The number of carbonyl (C=O) groups is 4. The zero-order valence-corrected chi connectivity index (χ0v) is 29.8. The van der Waals surface area contributed by atoms with Crippen LogP contribution in [-0.2, 0) is 22.6 Å². The molecule has 4 N–H and O–H groups in total. The minimum Gasteiger partial charge on any atom is -0.341 e. The van der Waals surface area contributed by atoms with Crippen LogP contribution in [0.5, 0.6) is 0 Å². The molecule has 3 aromatic rings. The summed E-state index contributed by atoms with van der Waals surface area (Å²) in [5.74, 6) is -0.0641. The van der Waals surface area contributed by atoms with Crippen molar-refractivity contribution in [2.75, 3.05) is 51.6 Å². The minimum absolute atomic E-state index is 0.0177. The Hall–Kier alpha value is -4.91. The molecule has 1 spiro atoms. The second-order valence-corrected chi connectivity index (χ2v) is 14.7. The monoisotopic (exact) mass is 695 g/mol. The van der Waals surface area contributed by atoms with Gasteiger partial charge < -0.3 is 35.6 Å². The Morgan fingerprint density at radius 3 is 2.49 bits per heavy atom. The summed E-state index contributed by atoms with van der Waals surface area (Å²) >= 11 is 0. The van der Waals surface area contributed by atoms with Crippen LogP contribution >= 0.6 is 0 Å². The van der Waals surface area contributed by atoms with Crippen molar-refractivity contribution >= 4 is 40.5 Å². The molecule has 0 unspecified atom stereocenters. The Balaban J connectivity index is 1.02. The largest absolute Gasteiger partial charge is 0.341 e. The second-order valence-electron chi connectivity index (χ2n) is 14.7. The van der Waals surface area contributed by atoms with Crippen LogP contribution in [-0.4, -0.2) is 112 Å². The SMILES string of the molecule is CN[C@H](C)C(=O)N1CCC2(CCN(C(=O)C(=CCc3cc(C)c4[nH]ncc4c3)NC(=O)N3CCC(N4Cc5ccccc5NC4=O)CC3)C2)CC1. The summed E-state index contributed by atoms with van der Waals surface area (Å²) in [4.78, 5) is 61.1. The quantitative estimate of drug-likeness (QED) is 0.276. The number of likely N-dealkylation sites (N-methyl/N-ethyl adjacent to an activating group) is 1. The maximum atomic E-state index is 14.2. The average molecular weight is 696 g/mol. The third-order valence-corrected chi connectivity index (χ3v) is 11.5. The van der Waals surface area contributed by atoms with E-state index in [0.717, 1.165) is 52.5 Å². The molecule has 0 radical (unpaired) electrons. The predicted octanol–water partition coefficient (Wildman–Crippen LogP) is 3.97. The van der Waals surface area contributed by atoms with Crippen LogP contribution in [0.25, 0.3) is 10.9 Å². The lowest BCUT2D eigenvalue weighted by Crippen LogP contribution is -2.53. The fourth-order valence-corrected chi connectivity index (χ4v) is 8.22. The summed E-state index contributed by atoms with van der Waals surface area (Å²) in [6.07, 6.45) is 7.99. The lowest BCUT2D eigenvalue weighted by molar-refractivity contribution is -0.135. The minimum atomic E-state index is -0.303. The van der Waals surface area contributed by atoms with Crippen molar-refractivity contribution in [1.29, 1.82) is 0 Å². The summed E-state index contributed by atoms with van der Waals surface area (Å²) < 4.78 is 0. The number of carbonyl (C=O) groups excluding carboxylic acids is 4. The van der Waals surface area contributed by atoms with Crippen LogP contribution in [0.3, 0.4) is 0 Å². The van der Waals surface area contributed by atoms with Gasteiger partial charge in [-0.25, -0.2) is 9.59 Å². The number of nitrogens with zero attached hydrogens (tertiary/aromatic N) is 5. The number of fused-ring (bicyclic) bond motifs is 2. The van der Waals surface area contributed by atoms with Crippen molar-refractivity contribution in [3.8, 4) is 0 Å². The van der Waals surface area contributed by atoms with Gasteiger partial charge in [-0.05, 0) is 93.7 Å². The van der Waals surface area contributed by atoms with E-state index in [0.29, 0.717) is 65.1 Å². The molecule has 5 heterocycles. The Morgan fingerprint density at radius 1 is 1.02 bits per heavy atom. The van der Waals surface area contributed by atoms with Crippen molar-refractivity contribution in [3.05, 3.63) is 71.1 Å². The van der Waals surface area contributed by atoms with Gasteiger partial charge in [-0.15, -0.1) is 0 Å². The number of aromatic amines is 1. The van der Waals surface area contributed by atoms with Crippen molar-refractivity contribution in [2.24, 2.45) is 5.41 Å². The fraction of sp³-hybridized carbons (Fsp3) is 0.500. The van der Waals surface area contributed by atoms with Crippen LogP contribution in [0.4, 0.5) is 15.3 Å². The average Bonchev–Trinajstić information content (AvgIpc) is 3.80. The molecule has 270 valence electrons. The molecule has 0 bridgehead atoms. The van der Waals surface area contributed by atoms with E-state index in [1.54, 1.807) is 18.1 Å². The maximum Gasteiger partial charge on any atom is 0.322 e. The Kier molecular flexibility index (Phi) is 9.73. The van der Waals surface area contributed by atoms with E-state index in [4.69, 9.17) is 0 Å². The zero-order valence-electron chi connectivity index (χ0n) is 29.8. The van der Waals surface area contributed by atoms with E-state index < -0.39 is 0 Å². The molecule has 1 aromatic heterocycles. The molecular formula is C38H49N9O4. The van der Waals surface area contributed by atoms with Gasteiger partial charge in [0.15, 0.2) is 0 Å². The van der Waals surface area contributed by atoms with Gasteiger partial charge in [0.2, 0.25) is 5.91 Å². The molecule has 0 aliphatic carbocycles. The predicted molar refractivity (Wildman–Crippen MR) is 195 cm³/mol. The number of rotatable bonds is 7. The number of allylic oxidation sites excluding steroid dienone is 1. The highest BCUT2D eigenvalue weighted by atomic mass is 16.2. The Morgan fingerprint density at radius 2 is 1.75 bits per heavy atom. The summed E-state index contributed by atoms with van der Waals surface area (Å²) in [7, 11) is 1.80. The van der Waals surface area contributed by atoms with Gasteiger partial charge in [-0.3, -0.25) is 14.7 Å². The van der Waals surface area contributed by atoms with E-state index in [2.05, 4.69) is 38.3 Å². The molecule has 0 saturated carbocycles. The molecule has 51 heavy (non-hydrogen) atoms. The molecule has 2 aromatic carbocycles. The highest BCUT2D eigenvalue weighted by molar-refractivity contribution is 5.97. The first-order valence-electron chi connectivity index (χ1n) is 18.2. The van der Waals surface area contributed by atoms with Crippen LogP contribution in [0.2, 0.25) is 0 Å². The van der Waals surface area contributed by atoms with Gasteiger partial charge in [0.1, 0.15) is 5.70 Å². The number of benzene rings is 2. The third kappa shape index (κ3) is 7.17. The molecule has 1 atom stereocenters.